The number of benzene rings is 1. The summed E-state index contributed by atoms with van der Waals surface area (Å²) >= 11 is 0. The number of aromatic nitrogens is 2. The Bertz CT molecular complexity index is 558. The second kappa shape index (κ2) is 6.18. The van der Waals surface area contributed by atoms with Gasteiger partial charge in [0.05, 0.1) is 17.4 Å². The minimum atomic E-state index is 0.605. The molecule has 2 heterocycles. The van der Waals surface area contributed by atoms with Crippen LogP contribution in [0.1, 0.15) is 26.2 Å². The maximum atomic E-state index is 4.22. The molecule has 1 aromatic heterocycles. The van der Waals surface area contributed by atoms with Crippen molar-refractivity contribution in [2.24, 2.45) is 0 Å². The van der Waals surface area contributed by atoms with E-state index < -0.39 is 0 Å². The first-order chi connectivity index (χ1) is 9.88. The van der Waals surface area contributed by atoms with Gasteiger partial charge in [-0.15, -0.1) is 0 Å². The Balaban J connectivity index is 1.91. The topological polar surface area (TPSA) is 41.0 Å². The molecule has 1 atom stereocenters. The predicted octanol–water partition coefficient (Wildman–Crippen LogP) is 2.60. The molecule has 0 radical (unpaired) electrons. The van der Waals surface area contributed by atoms with Crippen LogP contribution in [0, 0.1) is 0 Å². The van der Waals surface area contributed by atoms with Crippen LogP contribution >= 0.6 is 0 Å². The fourth-order valence-corrected chi connectivity index (χ4v) is 3.00. The fourth-order valence-electron chi connectivity index (χ4n) is 3.00. The van der Waals surface area contributed by atoms with Crippen molar-refractivity contribution in [1.82, 2.24) is 15.5 Å². The quantitative estimate of drug-likeness (QED) is 0.906. The molecule has 1 saturated heterocycles. The Labute approximate surface area is 120 Å². The van der Waals surface area contributed by atoms with Gasteiger partial charge < -0.3 is 10.2 Å². The number of hydrogen-bond donors (Lipinski definition) is 1. The second-order valence-corrected chi connectivity index (χ2v) is 5.49. The van der Waals surface area contributed by atoms with E-state index in [1.807, 2.05) is 18.3 Å². The molecule has 1 aliphatic heterocycles. The number of nitrogens with zero attached hydrogens (tertiary/aromatic N) is 3. The molecule has 4 nitrogen and oxygen atoms in total. The van der Waals surface area contributed by atoms with Crippen molar-refractivity contribution in [3.8, 4) is 0 Å². The van der Waals surface area contributed by atoms with E-state index in [1.165, 1.54) is 23.9 Å². The van der Waals surface area contributed by atoms with Crippen LogP contribution < -0.4 is 10.2 Å². The Hall–Kier alpha value is -1.68. The molecule has 1 aromatic carbocycles. The van der Waals surface area contributed by atoms with E-state index in [0.717, 1.165) is 31.6 Å². The molecular formula is C16H22N4. The zero-order chi connectivity index (χ0) is 13.8. The van der Waals surface area contributed by atoms with Gasteiger partial charge in [0.2, 0.25) is 0 Å². The summed E-state index contributed by atoms with van der Waals surface area (Å²) in [4.78, 5) is 2.46. The van der Waals surface area contributed by atoms with Crippen molar-refractivity contribution in [2.75, 3.05) is 24.5 Å². The largest absolute Gasteiger partial charge is 0.368 e. The van der Waals surface area contributed by atoms with Crippen LogP contribution in [0.5, 0.6) is 0 Å². The maximum Gasteiger partial charge on any atom is 0.0950 e. The van der Waals surface area contributed by atoms with Crippen LogP contribution in [0.2, 0.25) is 0 Å². The predicted molar refractivity (Wildman–Crippen MR) is 83.1 cm³/mol. The van der Waals surface area contributed by atoms with Gasteiger partial charge in [0, 0.05) is 24.5 Å². The first kappa shape index (κ1) is 13.3. The molecule has 2 aromatic rings. The molecule has 4 heteroatoms. The summed E-state index contributed by atoms with van der Waals surface area (Å²) in [6.45, 7) is 5.50. The lowest BCUT2D eigenvalue weighted by molar-refractivity contribution is 0.578. The van der Waals surface area contributed by atoms with Crippen LogP contribution in [0.3, 0.4) is 0 Å². The number of nitrogens with one attached hydrogen (secondary N) is 1. The summed E-state index contributed by atoms with van der Waals surface area (Å²) in [6, 6.07) is 8.87. The van der Waals surface area contributed by atoms with E-state index in [2.05, 4.69) is 39.5 Å². The monoisotopic (exact) mass is 270 g/mol. The van der Waals surface area contributed by atoms with Gasteiger partial charge >= 0.3 is 0 Å². The number of rotatable bonds is 5. The lowest BCUT2D eigenvalue weighted by Gasteiger charge is -2.28. The van der Waals surface area contributed by atoms with Gasteiger partial charge in [-0.05, 0) is 31.9 Å². The number of fused-ring (bicyclic) bond motifs is 1. The molecule has 1 N–H and O–H groups in total. The highest BCUT2D eigenvalue weighted by molar-refractivity contribution is 5.90. The van der Waals surface area contributed by atoms with E-state index in [4.69, 9.17) is 0 Å². The van der Waals surface area contributed by atoms with Crippen LogP contribution in [0.15, 0.2) is 30.5 Å². The van der Waals surface area contributed by atoms with Gasteiger partial charge in [-0.1, -0.05) is 25.1 Å². The van der Waals surface area contributed by atoms with Crippen LogP contribution in [0.4, 0.5) is 5.69 Å². The van der Waals surface area contributed by atoms with Crippen molar-refractivity contribution in [2.45, 2.75) is 32.2 Å². The minimum Gasteiger partial charge on any atom is -0.368 e. The third-order valence-electron chi connectivity index (χ3n) is 3.96. The molecule has 1 fully saturated rings. The average molecular weight is 270 g/mol. The lowest BCUT2D eigenvalue weighted by Crippen LogP contribution is -2.38. The van der Waals surface area contributed by atoms with Gasteiger partial charge in [0.15, 0.2) is 0 Å². The SMILES string of the molecule is CCCN(CC1CCCN1)c1cnnc2ccccc12. The van der Waals surface area contributed by atoms with Crippen LogP contribution in [-0.4, -0.2) is 35.9 Å². The van der Waals surface area contributed by atoms with Crippen LogP contribution in [-0.2, 0) is 0 Å². The van der Waals surface area contributed by atoms with Gasteiger partial charge in [-0.25, -0.2) is 0 Å². The molecule has 3 rings (SSSR count). The summed E-state index contributed by atoms with van der Waals surface area (Å²) in [5.41, 5.74) is 2.19. The fraction of sp³-hybridized carbons (Fsp3) is 0.500. The highest BCUT2D eigenvalue weighted by Gasteiger charge is 2.19. The molecule has 106 valence electrons. The maximum absolute atomic E-state index is 4.22. The zero-order valence-electron chi connectivity index (χ0n) is 12.0. The van der Waals surface area contributed by atoms with Crippen molar-refractivity contribution in [3.63, 3.8) is 0 Å². The highest BCUT2D eigenvalue weighted by atomic mass is 15.2. The van der Waals surface area contributed by atoms with Gasteiger partial charge in [0.1, 0.15) is 0 Å². The average Bonchev–Trinajstić information content (AvgIpc) is 2.99. The van der Waals surface area contributed by atoms with E-state index in [9.17, 15) is 0 Å². The first-order valence-corrected chi connectivity index (χ1v) is 7.57. The summed E-state index contributed by atoms with van der Waals surface area (Å²) in [7, 11) is 0. The van der Waals surface area contributed by atoms with Gasteiger partial charge in [-0.3, -0.25) is 0 Å². The van der Waals surface area contributed by atoms with E-state index in [-0.39, 0.29) is 0 Å². The molecule has 0 bridgehead atoms. The third kappa shape index (κ3) is 2.75. The number of anilines is 1. The second-order valence-electron chi connectivity index (χ2n) is 5.49. The van der Waals surface area contributed by atoms with Crippen LogP contribution in [0.25, 0.3) is 10.9 Å². The number of hydrogen-bond acceptors (Lipinski definition) is 4. The first-order valence-electron chi connectivity index (χ1n) is 7.57. The normalized spacial score (nSPS) is 18.6. The summed E-state index contributed by atoms with van der Waals surface area (Å²) in [6.07, 6.45) is 5.62. The molecule has 0 saturated carbocycles. The smallest absolute Gasteiger partial charge is 0.0950 e. The molecule has 0 spiro atoms. The molecule has 0 aliphatic carbocycles. The zero-order valence-corrected chi connectivity index (χ0v) is 12.0. The lowest BCUT2D eigenvalue weighted by atomic mass is 10.1. The van der Waals surface area contributed by atoms with Crippen molar-refractivity contribution in [1.29, 1.82) is 0 Å². The summed E-state index contributed by atoms with van der Waals surface area (Å²) in [5, 5.41) is 13.2. The van der Waals surface area contributed by atoms with E-state index in [0.29, 0.717) is 6.04 Å². The molecule has 0 amide bonds. The van der Waals surface area contributed by atoms with Crippen molar-refractivity contribution in [3.05, 3.63) is 30.5 Å². The summed E-state index contributed by atoms with van der Waals surface area (Å²) < 4.78 is 0. The van der Waals surface area contributed by atoms with E-state index in [1.54, 1.807) is 0 Å². The highest BCUT2D eigenvalue weighted by Crippen LogP contribution is 2.25. The Morgan fingerprint density at radius 2 is 2.25 bits per heavy atom. The van der Waals surface area contributed by atoms with Gasteiger partial charge in [-0.2, -0.15) is 10.2 Å². The summed E-state index contributed by atoms with van der Waals surface area (Å²) in [5.74, 6) is 0. The Morgan fingerprint density at radius 1 is 1.35 bits per heavy atom. The molecule has 1 aliphatic rings. The Kier molecular flexibility index (Phi) is 4.11. The van der Waals surface area contributed by atoms with E-state index >= 15 is 0 Å². The standard InChI is InChI=1S/C16H22N4/c1-2-10-20(12-13-6-5-9-17-13)16-11-18-19-15-8-4-3-7-14(15)16/h3-4,7-8,11,13,17H,2,5-6,9-10,12H2,1H3. The molecular weight excluding hydrogens is 248 g/mol. The third-order valence-corrected chi connectivity index (χ3v) is 3.96. The minimum absolute atomic E-state index is 0.605. The Morgan fingerprint density at radius 3 is 3.05 bits per heavy atom. The van der Waals surface area contributed by atoms with Gasteiger partial charge in [0.25, 0.3) is 0 Å². The molecule has 1 unspecified atom stereocenters. The van der Waals surface area contributed by atoms with Crippen molar-refractivity contribution >= 4 is 16.6 Å². The molecule has 20 heavy (non-hydrogen) atoms. The van der Waals surface area contributed by atoms with Crippen molar-refractivity contribution < 1.29 is 0 Å².